The van der Waals surface area contributed by atoms with Crippen molar-refractivity contribution in [3.8, 4) is 23.0 Å². The quantitative estimate of drug-likeness (QED) is 0.645. The van der Waals surface area contributed by atoms with Gasteiger partial charge in [0.1, 0.15) is 0 Å². The first kappa shape index (κ1) is 18.6. The van der Waals surface area contributed by atoms with Crippen LogP contribution in [0.4, 0.5) is 0 Å². The number of methoxy groups -OCH3 is 2. The minimum Gasteiger partial charge on any atom is -0.493 e. The molecule has 5 nitrogen and oxygen atoms in total. The van der Waals surface area contributed by atoms with Crippen molar-refractivity contribution in [1.82, 2.24) is 0 Å². The fourth-order valence-corrected chi connectivity index (χ4v) is 2.50. The molecule has 0 radical (unpaired) electrons. The molecule has 0 unspecified atom stereocenters. The molecule has 2 rings (SSSR count). The van der Waals surface area contributed by atoms with Crippen LogP contribution in [-0.4, -0.2) is 33.2 Å². The zero-order chi connectivity index (χ0) is 18.2. The lowest BCUT2D eigenvalue weighted by atomic mass is 10.0. The molecule has 0 N–H and O–H groups in total. The third-order valence-corrected chi connectivity index (χ3v) is 3.68. The number of hydrogen-bond acceptors (Lipinski definition) is 5. The SMILES string of the molecule is CCOc1ccc(C(=O)Cc2ccc(OC)c(OC)c2)cc1OCC. The summed E-state index contributed by atoms with van der Waals surface area (Å²) in [7, 11) is 3.15. The number of carbonyl (C=O) groups is 1. The molecular formula is C20H24O5. The summed E-state index contributed by atoms with van der Waals surface area (Å²) in [5.41, 5.74) is 1.44. The number of carbonyl (C=O) groups excluding carboxylic acids is 1. The summed E-state index contributed by atoms with van der Waals surface area (Å²) in [6, 6.07) is 10.7. The summed E-state index contributed by atoms with van der Waals surface area (Å²) >= 11 is 0. The summed E-state index contributed by atoms with van der Waals surface area (Å²) in [5, 5.41) is 0. The molecule has 0 spiro atoms. The minimum absolute atomic E-state index is 0.00350. The highest BCUT2D eigenvalue weighted by atomic mass is 16.5. The van der Waals surface area contributed by atoms with Crippen molar-refractivity contribution in [2.75, 3.05) is 27.4 Å². The Hall–Kier alpha value is -2.69. The lowest BCUT2D eigenvalue weighted by Crippen LogP contribution is -2.06. The molecule has 0 saturated carbocycles. The minimum atomic E-state index is -0.00350. The van der Waals surface area contributed by atoms with Crippen LogP contribution in [0.3, 0.4) is 0 Å². The summed E-state index contributed by atoms with van der Waals surface area (Å²) in [6.45, 7) is 4.85. The van der Waals surface area contributed by atoms with E-state index < -0.39 is 0 Å². The van der Waals surface area contributed by atoms with Crippen LogP contribution in [0, 0.1) is 0 Å². The maximum Gasteiger partial charge on any atom is 0.167 e. The van der Waals surface area contributed by atoms with E-state index in [0.717, 1.165) is 5.56 Å². The van der Waals surface area contributed by atoms with Gasteiger partial charge < -0.3 is 18.9 Å². The second kappa shape index (κ2) is 8.97. The van der Waals surface area contributed by atoms with Crippen molar-refractivity contribution < 1.29 is 23.7 Å². The molecule has 0 amide bonds. The Morgan fingerprint density at radius 3 is 2.08 bits per heavy atom. The average Bonchev–Trinajstić information content (AvgIpc) is 2.63. The molecule has 0 aliphatic rings. The fraction of sp³-hybridized carbons (Fsp3) is 0.350. The van der Waals surface area contributed by atoms with Crippen molar-refractivity contribution >= 4 is 5.78 Å². The first-order valence-corrected chi connectivity index (χ1v) is 8.26. The summed E-state index contributed by atoms with van der Waals surface area (Å²) in [5.74, 6) is 2.47. The predicted molar refractivity (Wildman–Crippen MR) is 96.4 cm³/mol. The molecule has 0 aliphatic heterocycles. The normalized spacial score (nSPS) is 10.2. The molecule has 0 heterocycles. The second-order valence-electron chi connectivity index (χ2n) is 5.32. The first-order valence-electron chi connectivity index (χ1n) is 8.26. The summed E-state index contributed by atoms with van der Waals surface area (Å²) in [6.07, 6.45) is 0.264. The van der Waals surface area contributed by atoms with Gasteiger partial charge in [-0.2, -0.15) is 0 Å². The van der Waals surface area contributed by atoms with E-state index in [1.807, 2.05) is 26.0 Å². The highest BCUT2D eigenvalue weighted by molar-refractivity contribution is 5.98. The van der Waals surface area contributed by atoms with Crippen molar-refractivity contribution in [1.29, 1.82) is 0 Å². The zero-order valence-electron chi connectivity index (χ0n) is 15.1. The number of Topliss-reactive ketones (excluding diaryl/α,β-unsaturated/α-hetero) is 1. The van der Waals surface area contributed by atoms with Crippen LogP contribution in [0.15, 0.2) is 36.4 Å². The molecule has 2 aromatic carbocycles. The molecule has 25 heavy (non-hydrogen) atoms. The zero-order valence-corrected chi connectivity index (χ0v) is 15.1. The molecule has 2 aromatic rings. The average molecular weight is 344 g/mol. The lowest BCUT2D eigenvalue weighted by Gasteiger charge is -2.12. The van der Waals surface area contributed by atoms with Crippen LogP contribution < -0.4 is 18.9 Å². The van der Waals surface area contributed by atoms with E-state index in [2.05, 4.69) is 0 Å². The molecular weight excluding hydrogens is 320 g/mol. The Morgan fingerprint density at radius 1 is 0.800 bits per heavy atom. The molecule has 0 atom stereocenters. The van der Waals surface area contributed by atoms with Gasteiger partial charge in [-0.15, -0.1) is 0 Å². The van der Waals surface area contributed by atoms with Gasteiger partial charge in [-0.25, -0.2) is 0 Å². The van der Waals surface area contributed by atoms with Crippen molar-refractivity contribution in [3.63, 3.8) is 0 Å². The van der Waals surface area contributed by atoms with E-state index in [1.54, 1.807) is 38.5 Å². The van der Waals surface area contributed by atoms with Gasteiger partial charge in [-0.05, 0) is 49.7 Å². The Labute approximate surface area is 148 Å². The fourth-order valence-electron chi connectivity index (χ4n) is 2.50. The molecule has 0 aromatic heterocycles. The van der Waals surface area contributed by atoms with Gasteiger partial charge in [-0.3, -0.25) is 4.79 Å². The van der Waals surface area contributed by atoms with Crippen LogP contribution in [0.2, 0.25) is 0 Å². The second-order valence-corrected chi connectivity index (χ2v) is 5.32. The maximum absolute atomic E-state index is 12.6. The maximum atomic E-state index is 12.6. The lowest BCUT2D eigenvalue weighted by molar-refractivity contribution is 0.0992. The van der Waals surface area contributed by atoms with Crippen LogP contribution in [0.25, 0.3) is 0 Å². The Balaban J connectivity index is 2.21. The Morgan fingerprint density at radius 2 is 1.44 bits per heavy atom. The van der Waals surface area contributed by atoms with Gasteiger partial charge >= 0.3 is 0 Å². The van der Waals surface area contributed by atoms with Crippen molar-refractivity contribution in [2.24, 2.45) is 0 Å². The van der Waals surface area contributed by atoms with Crippen LogP contribution in [0.5, 0.6) is 23.0 Å². The largest absolute Gasteiger partial charge is 0.493 e. The summed E-state index contributed by atoms with van der Waals surface area (Å²) in [4.78, 5) is 12.6. The van der Waals surface area contributed by atoms with E-state index >= 15 is 0 Å². The Kier molecular flexibility index (Phi) is 6.69. The van der Waals surface area contributed by atoms with Crippen molar-refractivity contribution in [2.45, 2.75) is 20.3 Å². The molecule has 0 fully saturated rings. The van der Waals surface area contributed by atoms with Gasteiger partial charge in [0.2, 0.25) is 0 Å². The van der Waals surface area contributed by atoms with Gasteiger partial charge in [0, 0.05) is 12.0 Å². The number of ether oxygens (including phenoxy) is 4. The standard InChI is InChI=1S/C20H24O5/c1-5-24-18-10-8-15(13-20(18)25-6-2)16(21)11-14-7-9-17(22-3)19(12-14)23-4/h7-10,12-13H,5-6,11H2,1-4H3. The number of benzene rings is 2. The van der Waals surface area contributed by atoms with Crippen molar-refractivity contribution in [3.05, 3.63) is 47.5 Å². The molecule has 0 bridgehead atoms. The topological polar surface area (TPSA) is 54.0 Å². The smallest absolute Gasteiger partial charge is 0.167 e. The molecule has 134 valence electrons. The van der Waals surface area contributed by atoms with Gasteiger partial charge in [0.25, 0.3) is 0 Å². The highest BCUT2D eigenvalue weighted by Gasteiger charge is 2.13. The molecule has 0 aliphatic carbocycles. The van der Waals surface area contributed by atoms with Gasteiger partial charge in [-0.1, -0.05) is 6.07 Å². The number of rotatable bonds is 9. The van der Waals surface area contributed by atoms with Crippen LogP contribution >= 0.6 is 0 Å². The third kappa shape index (κ3) is 4.66. The van der Waals surface area contributed by atoms with Crippen LogP contribution in [-0.2, 0) is 6.42 Å². The third-order valence-electron chi connectivity index (χ3n) is 3.68. The highest BCUT2D eigenvalue weighted by Crippen LogP contribution is 2.30. The van der Waals surface area contributed by atoms with Crippen LogP contribution in [0.1, 0.15) is 29.8 Å². The van der Waals surface area contributed by atoms with E-state index in [9.17, 15) is 4.79 Å². The predicted octanol–water partition coefficient (Wildman–Crippen LogP) is 3.93. The first-order chi connectivity index (χ1) is 12.1. The van der Waals surface area contributed by atoms with E-state index in [4.69, 9.17) is 18.9 Å². The van der Waals surface area contributed by atoms with E-state index in [0.29, 0.717) is 41.8 Å². The van der Waals surface area contributed by atoms with Gasteiger partial charge in [0.05, 0.1) is 27.4 Å². The Bertz CT molecular complexity index is 724. The van der Waals surface area contributed by atoms with E-state index in [-0.39, 0.29) is 12.2 Å². The monoisotopic (exact) mass is 344 g/mol. The van der Waals surface area contributed by atoms with E-state index in [1.165, 1.54) is 0 Å². The number of ketones is 1. The van der Waals surface area contributed by atoms with Gasteiger partial charge in [0.15, 0.2) is 28.8 Å². The summed E-state index contributed by atoms with van der Waals surface area (Å²) < 4.78 is 21.6. The molecule has 0 saturated heterocycles. The molecule has 5 heteroatoms. The number of hydrogen-bond donors (Lipinski definition) is 0.